The van der Waals surface area contributed by atoms with Crippen molar-refractivity contribution in [2.24, 2.45) is 0 Å². The lowest BCUT2D eigenvalue weighted by molar-refractivity contribution is 0.922. The van der Waals surface area contributed by atoms with E-state index in [1.165, 1.54) is 10.5 Å². The largest absolute Gasteiger partial charge is 0.347 e. The van der Waals surface area contributed by atoms with E-state index >= 15 is 0 Å². The zero-order valence-corrected chi connectivity index (χ0v) is 6.29. The third-order valence-corrected chi connectivity index (χ3v) is 1.60. The highest BCUT2D eigenvalue weighted by Gasteiger charge is 2.02. The first-order valence-corrected chi connectivity index (χ1v) is 3.35. The molecule has 0 radical (unpaired) electrons. The van der Waals surface area contributed by atoms with Gasteiger partial charge in [0.2, 0.25) is 0 Å². The van der Waals surface area contributed by atoms with Gasteiger partial charge >= 0.3 is 5.69 Å². The summed E-state index contributed by atoms with van der Waals surface area (Å²) in [5.74, 6) is 0.375. The lowest BCUT2D eigenvalue weighted by Gasteiger charge is -1.92. The first-order valence-electron chi connectivity index (χ1n) is 3.35. The fraction of sp³-hybridized carbons (Fsp3) is 0.167. The Hall–Kier alpha value is -1.85. The maximum Gasteiger partial charge on any atom is 0.347 e. The molecule has 6 nitrogen and oxygen atoms in total. The molecule has 2 heterocycles. The predicted octanol–water partition coefficient (Wildman–Crippen LogP) is -0.981. The Kier molecular flexibility index (Phi) is 1.18. The molecular formula is C6H6N4O2. The molecule has 0 aliphatic rings. The van der Waals surface area contributed by atoms with Crippen LogP contribution in [0.25, 0.3) is 5.65 Å². The molecule has 2 N–H and O–H groups in total. The molecule has 0 saturated carbocycles. The number of fused-ring (bicyclic) bond motifs is 1. The molecule has 0 aliphatic carbocycles. The Morgan fingerprint density at radius 3 is 2.92 bits per heavy atom. The minimum absolute atomic E-state index is 0.324. The van der Waals surface area contributed by atoms with Crippen molar-refractivity contribution in [3.05, 3.63) is 32.7 Å². The summed E-state index contributed by atoms with van der Waals surface area (Å²) in [5.41, 5.74) is -0.254. The van der Waals surface area contributed by atoms with Crippen molar-refractivity contribution in [3.8, 4) is 0 Å². The van der Waals surface area contributed by atoms with Crippen LogP contribution in [-0.4, -0.2) is 19.6 Å². The smallest absolute Gasteiger partial charge is 0.281 e. The van der Waals surface area contributed by atoms with Gasteiger partial charge in [-0.1, -0.05) is 0 Å². The topological polar surface area (TPSA) is 83.0 Å². The Labute approximate surface area is 65.9 Å². The van der Waals surface area contributed by atoms with Gasteiger partial charge < -0.3 is 0 Å². The van der Waals surface area contributed by atoms with Crippen molar-refractivity contribution in [1.29, 1.82) is 0 Å². The predicted molar refractivity (Wildman–Crippen MR) is 41.2 cm³/mol. The van der Waals surface area contributed by atoms with E-state index in [9.17, 15) is 9.59 Å². The fourth-order valence-electron chi connectivity index (χ4n) is 1.12. The molecule has 2 aromatic heterocycles. The number of hydrogen-bond donors (Lipinski definition) is 2. The summed E-state index contributed by atoms with van der Waals surface area (Å²) in [6.45, 7) is 1.59. The average Bonchev–Trinajstić information content (AvgIpc) is 2.31. The van der Waals surface area contributed by atoms with Crippen LogP contribution in [0.3, 0.4) is 0 Å². The number of nitrogens with zero attached hydrogens (tertiary/aromatic N) is 2. The number of aryl methyl sites for hydroxylation is 1. The van der Waals surface area contributed by atoms with E-state index < -0.39 is 0 Å². The SMILES string of the molecule is Cc1nc(=O)cc2[nH][nH]c(=O)n12. The summed E-state index contributed by atoms with van der Waals surface area (Å²) >= 11 is 0. The van der Waals surface area contributed by atoms with Crippen molar-refractivity contribution in [3.63, 3.8) is 0 Å². The number of H-pyrrole nitrogens is 2. The fourth-order valence-corrected chi connectivity index (χ4v) is 1.12. The summed E-state index contributed by atoms with van der Waals surface area (Å²) in [5, 5.41) is 4.90. The summed E-state index contributed by atoms with van der Waals surface area (Å²) < 4.78 is 1.29. The van der Waals surface area contributed by atoms with Gasteiger partial charge in [0.1, 0.15) is 11.5 Å². The van der Waals surface area contributed by atoms with Gasteiger partial charge in [0.15, 0.2) is 0 Å². The van der Waals surface area contributed by atoms with Gasteiger partial charge in [0.05, 0.1) is 0 Å². The van der Waals surface area contributed by atoms with E-state index in [2.05, 4.69) is 15.2 Å². The highest BCUT2D eigenvalue weighted by molar-refractivity contribution is 5.34. The molecule has 0 atom stereocenters. The van der Waals surface area contributed by atoms with E-state index in [0.717, 1.165) is 0 Å². The van der Waals surface area contributed by atoms with E-state index in [-0.39, 0.29) is 11.2 Å². The molecule has 0 aromatic carbocycles. The highest BCUT2D eigenvalue weighted by Crippen LogP contribution is 1.90. The first kappa shape index (κ1) is 6.84. The van der Waals surface area contributed by atoms with Gasteiger partial charge in [-0.25, -0.2) is 14.3 Å². The summed E-state index contributed by atoms with van der Waals surface area (Å²) in [4.78, 5) is 25.5. The average molecular weight is 166 g/mol. The molecule has 12 heavy (non-hydrogen) atoms. The molecule has 0 spiro atoms. The van der Waals surface area contributed by atoms with Crippen LogP contribution in [-0.2, 0) is 0 Å². The molecule has 0 aliphatic heterocycles. The Morgan fingerprint density at radius 1 is 1.42 bits per heavy atom. The molecule has 0 amide bonds. The van der Waals surface area contributed by atoms with Crippen LogP contribution in [0, 0.1) is 6.92 Å². The Balaban J connectivity index is 3.13. The standard InChI is InChI=1S/C6H6N4O2/c1-3-7-5(11)2-4-8-9-6(12)10(3)4/h2,8H,1H3,(H,9,12). The Bertz CT molecular complexity index is 532. The second-order valence-corrected chi connectivity index (χ2v) is 2.42. The van der Waals surface area contributed by atoms with Gasteiger partial charge in [0.25, 0.3) is 5.56 Å². The minimum atomic E-state index is -0.359. The van der Waals surface area contributed by atoms with Crippen molar-refractivity contribution in [1.82, 2.24) is 19.6 Å². The van der Waals surface area contributed by atoms with Gasteiger partial charge in [-0.15, -0.1) is 0 Å². The second-order valence-electron chi connectivity index (χ2n) is 2.42. The number of hydrogen-bond acceptors (Lipinski definition) is 3. The second kappa shape index (κ2) is 2.07. The molecular weight excluding hydrogens is 160 g/mol. The number of rotatable bonds is 0. The zero-order valence-electron chi connectivity index (χ0n) is 6.29. The van der Waals surface area contributed by atoms with Crippen molar-refractivity contribution in [2.75, 3.05) is 0 Å². The van der Waals surface area contributed by atoms with Gasteiger partial charge in [-0.3, -0.25) is 9.89 Å². The third-order valence-electron chi connectivity index (χ3n) is 1.60. The first-order chi connectivity index (χ1) is 5.68. The quantitative estimate of drug-likeness (QED) is 0.527. The van der Waals surface area contributed by atoms with Gasteiger partial charge in [-0.05, 0) is 6.92 Å². The zero-order chi connectivity index (χ0) is 8.72. The lowest BCUT2D eigenvalue weighted by atomic mass is 10.5. The van der Waals surface area contributed by atoms with Crippen LogP contribution >= 0.6 is 0 Å². The molecule has 2 rings (SSSR count). The molecule has 0 bridgehead atoms. The van der Waals surface area contributed by atoms with Gasteiger partial charge in [0, 0.05) is 6.07 Å². The minimum Gasteiger partial charge on any atom is -0.281 e. The molecule has 6 heteroatoms. The number of aromatic amines is 2. The highest BCUT2D eigenvalue weighted by atomic mass is 16.2. The van der Waals surface area contributed by atoms with Crippen LogP contribution in [0.15, 0.2) is 15.7 Å². The normalized spacial score (nSPS) is 10.8. The van der Waals surface area contributed by atoms with Crippen molar-refractivity contribution in [2.45, 2.75) is 6.92 Å². The lowest BCUT2D eigenvalue weighted by Crippen LogP contribution is -2.17. The van der Waals surface area contributed by atoms with E-state index in [1.807, 2.05) is 0 Å². The van der Waals surface area contributed by atoms with E-state index in [0.29, 0.717) is 11.5 Å². The maximum atomic E-state index is 11.0. The van der Waals surface area contributed by atoms with Crippen molar-refractivity contribution < 1.29 is 0 Å². The van der Waals surface area contributed by atoms with Gasteiger partial charge in [-0.2, -0.15) is 4.98 Å². The van der Waals surface area contributed by atoms with E-state index in [1.54, 1.807) is 6.92 Å². The van der Waals surface area contributed by atoms with Crippen LogP contribution in [0.2, 0.25) is 0 Å². The maximum absolute atomic E-state index is 11.0. The Morgan fingerprint density at radius 2 is 2.17 bits per heavy atom. The molecule has 0 fully saturated rings. The molecule has 0 unspecified atom stereocenters. The van der Waals surface area contributed by atoms with Crippen LogP contribution in [0.4, 0.5) is 0 Å². The third kappa shape index (κ3) is 0.777. The van der Waals surface area contributed by atoms with Crippen LogP contribution in [0.1, 0.15) is 5.82 Å². The molecule has 0 saturated heterocycles. The van der Waals surface area contributed by atoms with Crippen LogP contribution < -0.4 is 11.2 Å². The molecule has 2 aromatic rings. The summed E-state index contributed by atoms with van der Waals surface area (Å²) in [7, 11) is 0. The van der Waals surface area contributed by atoms with Crippen molar-refractivity contribution >= 4 is 5.65 Å². The molecule has 62 valence electrons. The van der Waals surface area contributed by atoms with Crippen LogP contribution in [0.5, 0.6) is 0 Å². The summed E-state index contributed by atoms with van der Waals surface area (Å²) in [6, 6.07) is 1.25. The monoisotopic (exact) mass is 166 g/mol. The number of aromatic nitrogens is 4. The van der Waals surface area contributed by atoms with E-state index in [4.69, 9.17) is 0 Å². The number of nitrogens with one attached hydrogen (secondary N) is 2. The summed E-state index contributed by atoms with van der Waals surface area (Å²) in [6.07, 6.45) is 0.